The van der Waals surface area contributed by atoms with Crippen LogP contribution < -0.4 is 0 Å². The van der Waals surface area contributed by atoms with Gasteiger partial charge in [0.1, 0.15) is 12.3 Å². The highest BCUT2D eigenvalue weighted by molar-refractivity contribution is 6.03. The molecule has 0 aromatic carbocycles. The summed E-state index contributed by atoms with van der Waals surface area (Å²) in [6.07, 6.45) is 3.31. The number of carboxylic acid groups (broad SMARTS) is 1. The summed E-state index contributed by atoms with van der Waals surface area (Å²) in [5, 5.41) is 15.6. The zero-order valence-corrected chi connectivity index (χ0v) is 15.6. The predicted octanol–water partition coefficient (Wildman–Crippen LogP) is 2.40. The summed E-state index contributed by atoms with van der Waals surface area (Å²) in [5.41, 5.74) is 2.27. The zero-order chi connectivity index (χ0) is 18.3. The Morgan fingerprint density at radius 3 is 2.38 bits per heavy atom. The van der Waals surface area contributed by atoms with Crippen molar-refractivity contribution in [1.82, 2.24) is 9.91 Å². The number of rotatable bonds is 10. The minimum atomic E-state index is -0.870. The fourth-order valence-electron chi connectivity index (χ4n) is 2.62. The fraction of sp³-hybridized carbons (Fsp3) is 0.722. The van der Waals surface area contributed by atoms with Crippen LogP contribution >= 0.6 is 0 Å². The molecule has 24 heavy (non-hydrogen) atoms. The lowest BCUT2D eigenvalue weighted by Gasteiger charge is -2.31. The van der Waals surface area contributed by atoms with E-state index in [1.165, 1.54) is 11.4 Å². The SMILES string of the molecule is C/C(C=O)=C(C)/C(CCN1CCC1)=N\N(C)C(CC(C)C)C(=O)O. The van der Waals surface area contributed by atoms with Gasteiger partial charge in [0.15, 0.2) is 0 Å². The van der Waals surface area contributed by atoms with Crippen LogP contribution in [0.1, 0.15) is 47.0 Å². The molecule has 0 spiro atoms. The second-order valence-electron chi connectivity index (χ2n) is 6.98. The molecular formula is C18H31N3O3. The van der Waals surface area contributed by atoms with E-state index >= 15 is 0 Å². The Labute approximate surface area is 145 Å². The number of allylic oxidation sites excluding steroid dienone is 2. The number of carbonyl (C=O) groups is 2. The van der Waals surface area contributed by atoms with E-state index in [1.54, 1.807) is 14.0 Å². The number of hydrogen-bond donors (Lipinski definition) is 1. The van der Waals surface area contributed by atoms with E-state index in [1.807, 2.05) is 20.8 Å². The van der Waals surface area contributed by atoms with Crippen LogP contribution in [0.5, 0.6) is 0 Å². The van der Waals surface area contributed by atoms with E-state index in [4.69, 9.17) is 0 Å². The average Bonchev–Trinajstić information content (AvgIpc) is 2.47. The van der Waals surface area contributed by atoms with Crippen LogP contribution in [-0.4, -0.2) is 65.7 Å². The molecule has 1 unspecified atom stereocenters. The van der Waals surface area contributed by atoms with Gasteiger partial charge in [0.2, 0.25) is 0 Å². The van der Waals surface area contributed by atoms with Crippen LogP contribution in [0.25, 0.3) is 0 Å². The maximum atomic E-state index is 11.6. The molecule has 1 rings (SSSR count). The van der Waals surface area contributed by atoms with Crippen LogP contribution in [0.2, 0.25) is 0 Å². The van der Waals surface area contributed by atoms with E-state index < -0.39 is 12.0 Å². The number of aliphatic carboxylic acids is 1. The lowest BCUT2D eigenvalue weighted by Crippen LogP contribution is -2.39. The molecule has 0 radical (unpaired) electrons. The number of hydrazone groups is 1. The van der Waals surface area contributed by atoms with Gasteiger partial charge in [-0.05, 0) is 56.8 Å². The first kappa shape index (κ1) is 20.4. The molecular weight excluding hydrogens is 306 g/mol. The summed E-state index contributed by atoms with van der Waals surface area (Å²) in [4.78, 5) is 25.0. The van der Waals surface area contributed by atoms with Crippen molar-refractivity contribution in [3.05, 3.63) is 11.1 Å². The van der Waals surface area contributed by atoms with E-state index in [9.17, 15) is 14.7 Å². The zero-order valence-electron chi connectivity index (χ0n) is 15.6. The third-order valence-electron chi connectivity index (χ3n) is 4.52. The summed E-state index contributed by atoms with van der Waals surface area (Å²) in [6, 6.07) is -0.659. The topological polar surface area (TPSA) is 73.2 Å². The van der Waals surface area contributed by atoms with Crippen LogP contribution in [0.4, 0.5) is 0 Å². The molecule has 1 aliphatic heterocycles. The third-order valence-corrected chi connectivity index (χ3v) is 4.52. The van der Waals surface area contributed by atoms with E-state index in [2.05, 4.69) is 10.0 Å². The van der Waals surface area contributed by atoms with Crippen molar-refractivity contribution in [2.75, 3.05) is 26.7 Å². The first-order chi connectivity index (χ1) is 11.3. The monoisotopic (exact) mass is 337 g/mol. The normalized spacial score (nSPS) is 18.0. The average molecular weight is 337 g/mol. The first-order valence-electron chi connectivity index (χ1n) is 8.64. The summed E-state index contributed by atoms with van der Waals surface area (Å²) in [5.74, 6) is -0.604. The number of carbonyl (C=O) groups excluding carboxylic acids is 1. The first-order valence-corrected chi connectivity index (χ1v) is 8.64. The number of carboxylic acids is 1. The molecule has 1 saturated heterocycles. The molecule has 6 heteroatoms. The highest BCUT2D eigenvalue weighted by atomic mass is 16.4. The van der Waals surface area contributed by atoms with Gasteiger partial charge in [0.25, 0.3) is 0 Å². The van der Waals surface area contributed by atoms with Crippen molar-refractivity contribution in [3.63, 3.8) is 0 Å². The summed E-state index contributed by atoms with van der Waals surface area (Å²) in [7, 11) is 1.70. The minimum Gasteiger partial charge on any atom is -0.480 e. The van der Waals surface area contributed by atoms with Crippen molar-refractivity contribution in [2.45, 2.75) is 53.0 Å². The number of aldehydes is 1. The lowest BCUT2D eigenvalue weighted by atomic mass is 10.0. The largest absolute Gasteiger partial charge is 0.480 e. The fourth-order valence-corrected chi connectivity index (χ4v) is 2.62. The van der Waals surface area contributed by atoms with E-state index in [0.717, 1.165) is 43.6 Å². The molecule has 1 heterocycles. The Balaban J connectivity index is 2.98. The Morgan fingerprint density at radius 1 is 1.33 bits per heavy atom. The third kappa shape index (κ3) is 6.07. The van der Waals surface area contributed by atoms with Crippen LogP contribution in [-0.2, 0) is 9.59 Å². The van der Waals surface area contributed by atoms with Gasteiger partial charge in [-0.1, -0.05) is 13.8 Å². The smallest absolute Gasteiger partial charge is 0.328 e. The Kier molecular flexibility index (Phi) is 8.11. The molecule has 0 bridgehead atoms. The molecule has 0 saturated carbocycles. The van der Waals surface area contributed by atoms with Crippen molar-refractivity contribution in [1.29, 1.82) is 0 Å². The van der Waals surface area contributed by atoms with Crippen molar-refractivity contribution in [3.8, 4) is 0 Å². The molecule has 1 fully saturated rings. The Hall–Kier alpha value is -1.69. The molecule has 0 amide bonds. The summed E-state index contributed by atoms with van der Waals surface area (Å²) < 4.78 is 0. The Morgan fingerprint density at radius 2 is 1.96 bits per heavy atom. The van der Waals surface area contributed by atoms with E-state index in [-0.39, 0.29) is 5.92 Å². The predicted molar refractivity (Wildman–Crippen MR) is 96.2 cm³/mol. The maximum absolute atomic E-state index is 11.6. The van der Waals surface area contributed by atoms with Gasteiger partial charge < -0.3 is 10.0 Å². The van der Waals surface area contributed by atoms with Crippen LogP contribution in [0.15, 0.2) is 16.2 Å². The second-order valence-corrected chi connectivity index (χ2v) is 6.98. The van der Waals surface area contributed by atoms with Crippen molar-refractivity contribution >= 4 is 18.0 Å². The Bertz CT molecular complexity index is 508. The number of nitrogens with zero attached hydrogens (tertiary/aromatic N) is 3. The molecule has 1 atom stereocenters. The summed E-state index contributed by atoms with van der Waals surface area (Å²) in [6.45, 7) is 10.7. The molecule has 6 nitrogen and oxygen atoms in total. The molecule has 0 aromatic rings. The highest BCUT2D eigenvalue weighted by Crippen LogP contribution is 2.15. The van der Waals surface area contributed by atoms with Gasteiger partial charge in [0.05, 0.1) is 5.71 Å². The molecule has 0 aliphatic carbocycles. The van der Waals surface area contributed by atoms with Gasteiger partial charge in [-0.15, -0.1) is 0 Å². The minimum absolute atomic E-state index is 0.265. The molecule has 1 aliphatic rings. The number of hydrogen-bond acceptors (Lipinski definition) is 5. The van der Waals surface area contributed by atoms with Crippen molar-refractivity contribution in [2.24, 2.45) is 11.0 Å². The van der Waals surface area contributed by atoms with Gasteiger partial charge in [-0.3, -0.25) is 9.80 Å². The molecule has 136 valence electrons. The van der Waals surface area contributed by atoms with Crippen LogP contribution in [0, 0.1) is 5.92 Å². The summed E-state index contributed by atoms with van der Waals surface area (Å²) >= 11 is 0. The number of likely N-dealkylation sites (tertiary alicyclic amines) is 1. The molecule has 0 aromatic heterocycles. The van der Waals surface area contributed by atoms with Crippen LogP contribution in [0.3, 0.4) is 0 Å². The van der Waals surface area contributed by atoms with Crippen molar-refractivity contribution < 1.29 is 14.7 Å². The quantitative estimate of drug-likeness (QED) is 0.287. The van der Waals surface area contributed by atoms with Gasteiger partial charge in [0, 0.05) is 20.0 Å². The number of likely N-dealkylation sites (N-methyl/N-ethyl adjacent to an activating group) is 1. The standard InChI is InChI=1S/C18H31N3O3/c1-13(2)11-17(18(23)24)20(5)19-16(15(4)14(3)12-22)7-10-21-8-6-9-21/h12-13,17H,6-11H2,1-5H3,(H,23,24)/b15-14-,19-16-. The van der Waals surface area contributed by atoms with Gasteiger partial charge in [-0.2, -0.15) is 5.10 Å². The highest BCUT2D eigenvalue weighted by Gasteiger charge is 2.24. The second kappa shape index (κ2) is 9.57. The van der Waals surface area contributed by atoms with Gasteiger partial charge >= 0.3 is 5.97 Å². The van der Waals surface area contributed by atoms with E-state index in [0.29, 0.717) is 12.0 Å². The molecule has 1 N–H and O–H groups in total. The maximum Gasteiger partial charge on any atom is 0.328 e. The van der Waals surface area contributed by atoms with Gasteiger partial charge in [-0.25, -0.2) is 4.79 Å². The lowest BCUT2D eigenvalue weighted by molar-refractivity contribution is -0.143.